The maximum Gasteiger partial charge on any atom is 0.257 e. The topological polar surface area (TPSA) is 41.1 Å². The lowest BCUT2D eigenvalue weighted by Gasteiger charge is -2.16. The Morgan fingerprint density at radius 2 is 1.67 bits per heavy atom. The zero-order valence-electron chi connectivity index (χ0n) is 12.1. The van der Waals surface area contributed by atoms with Gasteiger partial charge in [0.1, 0.15) is 17.2 Å². The number of rotatable bonds is 5. The fourth-order valence-corrected chi connectivity index (χ4v) is 2.74. The van der Waals surface area contributed by atoms with E-state index in [4.69, 9.17) is 0 Å². The van der Waals surface area contributed by atoms with Crippen molar-refractivity contribution >= 4 is 5.91 Å². The number of carbonyl (C=O) groups is 1. The van der Waals surface area contributed by atoms with E-state index in [0.717, 1.165) is 25.0 Å². The third-order valence-electron chi connectivity index (χ3n) is 3.89. The molecule has 1 saturated carbocycles. The SMILES string of the molecule is O=C(NCCNC1CCCCCC1)c1c(F)cccc1F. The van der Waals surface area contributed by atoms with Gasteiger partial charge in [-0.05, 0) is 25.0 Å². The second-order valence-corrected chi connectivity index (χ2v) is 5.50. The molecule has 0 heterocycles. The van der Waals surface area contributed by atoms with Crippen LogP contribution in [-0.2, 0) is 0 Å². The van der Waals surface area contributed by atoms with Gasteiger partial charge in [-0.2, -0.15) is 0 Å². The van der Waals surface area contributed by atoms with Crippen molar-refractivity contribution in [2.75, 3.05) is 13.1 Å². The van der Waals surface area contributed by atoms with Gasteiger partial charge in [0.25, 0.3) is 5.91 Å². The van der Waals surface area contributed by atoms with Crippen molar-refractivity contribution in [1.82, 2.24) is 10.6 Å². The van der Waals surface area contributed by atoms with Crippen LogP contribution in [0.2, 0.25) is 0 Å². The van der Waals surface area contributed by atoms with Crippen LogP contribution in [0, 0.1) is 11.6 Å². The molecule has 2 rings (SSSR count). The van der Waals surface area contributed by atoms with Gasteiger partial charge in [0, 0.05) is 19.1 Å². The van der Waals surface area contributed by atoms with Crippen molar-refractivity contribution in [3.8, 4) is 0 Å². The number of benzene rings is 1. The third-order valence-corrected chi connectivity index (χ3v) is 3.89. The predicted octanol–water partition coefficient (Wildman–Crippen LogP) is 3.01. The van der Waals surface area contributed by atoms with E-state index in [1.807, 2.05) is 0 Å². The summed E-state index contributed by atoms with van der Waals surface area (Å²) in [6.45, 7) is 0.982. The van der Waals surface area contributed by atoms with E-state index in [0.29, 0.717) is 19.1 Å². The molecule has 1 aromatic rings. The van der Waals surface area contributed by atoms with E-state index in [9.17, 15) is 13.6 Å². The summed E-state index contributed by atoms with van der Waals surface area (Å²) in [7, 11) is 0. The Morgan fingerprint density at radius 1 is 1.05 bits per heavy atom. The van der Waals surface area contributed by atoms with Crippen LogP contribution in [0.3, 0.4) is 0 Å². The molecule has 5 heteroatoms. The van der Waals surface area contributed by atoms with Crippen LogP contribution in [0.25, 0.3) is 0 Å². The monoisotopic (exact) mass is 296 g/mol. The fraction of sp³-hybridized carbons (Fsp3) is 0.562. The fourth-order valence-electron chi connectivity index (χ4n) is 2.74. The number of amides is 1. The first kappa shape index (κ1) is 15.9. The van der Waals surface area contributed by atoms with Gasteiger partial charge in [-0.15, -0.1) is 0 Å². The molecule has 0 aromatic heterocycles. The number of hydrogen-bond donors (Lipinski definition) is 2. The normalized spacial score (nSPS) is 16.5. The van der Waals surface area contributed by atoms with Crippen molar-refractivity contribution in [3.63, 3.8) is 0 Å². The molecule has 116 valence electrons. The molecule has 21 heavy (non-hydrogen) atoms. The zero-order valence-corrected chi connectivity index (χ0v) is 12.1. The Balaban J connectivity index is 1.74. The van der Waals surface area contributed by atoms with Crippen molar-refractivity contribution < 1.29 is 13.6 Å². The van der Waals surface area contributed by atoms with E-state index >= 15 is 0 Å². The molecule has 1 aliphatic carbocycles. The highest BCUT2D eigenvalue weighted by Crippen LogP contribution is 2.16. The van der Waals surface area contributed by atoms with Crippen LogP contribution in [0.4, 0.5) is 8.78 Å². The summed E-state index contributed by atoms with van der Waals surface area (Å²) in [6, 6.07) is 3.91. The molecule has 1 aliphatic rings. The van der Waals surface area contributed by atoms with E-state index in [2.05, 4.69) is 10.6 Å². The average molecular weight is 296 g/mol. The molecule has 1 fully saturated rings. The first-order valence-corrected chi connectivity index (χ1v) is 7.64. The molecule has 0 unspecified atom stereocenters. The Kier molecular flexibility index (Phi) is 6.11. The maximum atomic E-state index is 13.4. The molecule has 0 atom stereocenters. The molecule has 0 aliphatic heterocycles. The molecule has 3 nitrogen and oxygen atoms in total. The smallest absolute Gasteiger partial charge is 0.257 e. The third kappa shape index (κ3) is 4.77. The standard InChI is InChI=1S/C16H22F2N2O/c17-13-8-5-9-14(18)15(13)16(21)20-11-10-19-12-6-3-1-2-4-7-12/h5,8-9,12,19H,1-4,6-7,10-11H2,(H,20,21). The average Bonchev–Trinajstić information content (AvgIpc) is 2.72. The van der Waals surface area contributed by atoms with E-state index in [-0.39, 0.29) is 0 Å². The lowest BCUT2D eigenvalue weighted by atomic mass is 10.1. The highest BCUT2D eigenvalue weighted by Gasteiger charge is 2.16. The number of hydrogen-bond acceptors (Lipinski definition) is 2. The Labute approximate surface area is 124 Å². The van der Waals surface area contributed by atoms with Gasteiger partial charge >= 0.3 is 0 Å². The predicted molar refractivity (Wildman–Crippen MR) is 78.2 cm³/mol. The minimum atomic E-state index is -0.829. The lowest BCUT2D eigenvalue weighted by molar-refractivity contribution is 0.0945. The molecule has 0 bridgehead atoms. The largest absolute Gasteiger partial charge is 0.351 e. The molecular weight excluding hydrogens is 274 g/mol. The van der Waals surface area contributed by atoms with E-state index in [1.54, 1.807) is 0 Å². The maximum absolute atomic E-state index is 13.4. The quantitative estimate of drug-likeness (QED) is 0.648. The van der Waals surface area contributed by atoms with Gasteiger partial charge in [0.05, 0.1) is 0 Å². The molecule has 2 N–H and O–H groups in total. The Morgan fingerprint density at radius 3 is 2.29 bits per heavy atom. The summed E-state index contributed by atoms with van der Waals surface area (Å²) in [5.41, 5.74) is -0.507. The second kappa shape index (κ2) is 8.08. The highest BCUT2D eigenvalue weighted by molar-refractivity contribution is 5.94. The van der Waals surface area contributed by atoms with Gasteiger partial charge in [-0.25, -0.2) is 8.78 Å². The summed E-state index contributed by atoms with van der Waals surface area (Å²) < 4.78 is 26.9. The molecule has 1 aromatic carbocycles. The van der Waals surface area contributed by atoms with Crippen LogP contribution in [0.1, 0.15) is 48.9 Å². The van der Waals surface area contributed by atoms with Crippen molar-refractivity contribution in [2.45, 2.75) is 44.6 Å². The first-order chi connectivity index (χ1) is 10.2. The van der Waals surface area contributed by atoms with Crippen LogP contribution in [0.15, 0.2) is 18.2 Å². The van der Waals surface area contributed by atoms with Crippen molar-refractivity contribution in [1.29, 1.82) is 0 Å². The van der Waals surface area contributed by atoms with Gasteiger partial charge < -0.3 is 10.6 Å². The van der Waals surface area contributed by atoms with E-state index < -0.39 is 23.1 Å². The zero-order chi connectivity index (χ0) is 15.1. The van der Waals surface area contributed by atoms with Crippen LogP contribution >= 0.6 is 0 Å². The summed E-state index contributed by atoms with van der Waals surface area (Å²) in [4.78, 5) is 11.8. The van der Waals surface area contributed by atoms with Crippen LogP contribution in [-0.4, -0.2) is 25.0 Å². The van der Waals surface area contributed by atoms with Gasteiger partial charge in [-0.1, -0.05) is 31.7 Å². The van der Waals surface area contributed by atoms with Crippen LogP contribution < -0.4 is 10.6 Å². The molecular formula is C16H22F2N2O. The molecule has 0 spiro atoms. The Hall–Kier alpha value is -1.49. The highest BCUT2D eigenvalue weighted by atomic mass is 19.1. The summed E-state index contributed by atoms with van der Waals surface area (Å²) in [5, 5.41) is 5.95. The van der Waals surface area contributed by atoms with Gasteiger partial charge in [-0.3, -0.25) is 4.79 Å². The lowest BCUT2D eigenvalue weighted by Crippen LogP contribution is -2.37. The van der Waals surface area contributed by atoms with E-state index in [1.165, 1.54) is 31.7 Å². The van der Waals surface area contributed by atoms with Crippen molar-refractivity contribution in [3.05, 3.63) is 35.4 Å². The molecule has 0 radical (unpaired) electrons. The number of halogens is 2. The first-order valence-electron chi connectivity index (χ1n) is 7.64. The summed E-state index contributed by atoms with van der Waals surface area (Å²) in [5.74, 6) is -2.36. The number of nitrogens with one attached hydrogen (secondary N) is 2. The molecule has 1 amide bonds. The second-order valence-electron chi connectivity index (χ2n) is 5.50. The Bertz CT molecular complexity index is 451. The summed E-state index contributed by atoms with van der Waals surface area (Å²) >= 11 is 0. The minimum Gasteiger partial charge on any atom is -0.351 e. The minimum absolute atomic E-state index is 0.364. The van der Waals surface area contributed by atoms with Crippen LogP contribution in [0.5, 0.6) is 0 Å². The number of carbonyl (C=O) groups excluding carboxylic acids is 1. The van der Waals surface area contributed by atoms with Gasteiger partial charge in [0.15, 0.2) is 0 Å². The van der Waals surface area contributed by atoms with Crippen molar-refractivity contribution in [2.24, 2.45) is 0 Å². The molecule has 0 saturated heterocycles. The van der Waals surface area contributed by atoms with Gasteiger partial charge in [0.2, 0.25) is 0 Å². The summed E-state index contributed by atoms with van der Waals surface area (Å²) in [6.07, 6.45) is 7.39.